The number of hydrogen-bond acceptors (Lipinski definition) is 2. The van der Waals surface area contributed by atoms with Crippen molar-refractivity contribution in [3.05, 3.63) is 70.8 Å². The SMILES string of the molecule is CN(C)C(=N)c1ccc(C(C)(C)C)cc1.CN=C(N)c1ccc(C(C)(C)C)cc1. The van der Waals surface area contributed by atoms with Crippen molar-refractivity contribution in [3.63, 3.8) is 0 Å². The molecule has 2 aromatic carbocycles. The molecule has 2 rings (SSSR count). The molecule has 29 heavy (non-hydrogen) atoms. The van der Waals surface area contributed by atoms with E-state index in [9.17, 15) is 0 Å². The number of rotatable bonds is 2. The van der Waals surface area contributed by atoms with Crippen molar-refractivity contribution in [1.29, 1.82) is 5.41 Å². The summed E-state index contributed by atoms with van der Waals surface area (Å²) in [7, 11) is 5.48. The van der Waals surface area contributed by atoms with Gasteiger partial charge in [0.15, 0.2) is 0 Å². The first-order valence-electron chi connectivity index (χ1n) is 9.97. The Labute approximate surface area is 177 Å². The molecule has 0 saturated heterocycles. The highest BCUT2D eigenvalue weighted by Gasteiger charge is 2.14. The summed E-state index contributed by atoms with van der Waals surface area (Å²) in [6, 6.07) is 16.5. The van der Waals surface area contributed by atoms with Crippen LogP contribution < -0.4 is 5.73 Å². The molecule has 0 aliphatic rings. The Bertz CT molecular complexity index is 815. The van der Waals surface area contributed by atoms with Crippen LogP contribution >= 0.6 is 0 Å². The Morgan fingerprint density at radius 2 is 1.10 bits per heavy atom. The summed E-state index contributed by atoms with van der Waals surface area (Å²) in [5, 5.41) is 7.84. The number of hydrogen-bond donors (Lipinski definition) is 2. The maximum Gasteiger partial charge on any atom is 0.127 e. The first kappa shape index (κ1) is 24.4. The van der Waals surface area contributed by atoms with Gasteiger partial charge in [-0.25, -0.2) is 0 Å². The molecule has 0 spiro atoms. The molecule has 0 amide bonds. The summed E-state index contributed by atoms with van der Waals surface area (Å²) in [4.78, 5) is 5.76. The van der Waals surface area contributed by atoms with Crippen LogP contribution in [0.15, 0.2) is 53.5 Å². The summed E-state index contributed by atoms with van der Waals surface area (Å²) in [6.45, 7) is 13.2. The zero-order valence-electron chi connectivity index (χ0n) is 19.6. The number of nitrogens with one attached hydrogen (secondary N) is 1. The van der Waals surface area contributed by atoms with Crippen molar-refractivity contribution in [2.24, 2.45) is 10.7 Å². The largest absolute Gasteiger partial charge is 0.384 e. The molecule has 0 aliphatic carbocycles. The van der Waals surface area contributed by atoms with Gasteiger partial charge in [0.25, 0.3) is 0 Å². The summed E-state index contributed by atoms with van der Waals surface area (Å²) >= 11 is 0. The van der Waals surface area contributed by atoms with Crippen molar-refractivity contribution in [3.8, 4) is 0 Å². The third-order valence-electron chi connectivity index (χ3n) is 4.76. The molecule has 0 radical (unpaired) electrons. The van der Waals surface area contributed by atoms with Crippen LogP contribution in [0.5, 0.6) is 0 Å². The highest BCUT2D eigenvalue weighted by atomic mass is 15.1. The van der Waals surface area contributed by atoms with Gasteiger partial charge in [0.05, 0.1) is 0 Å². The Hall–Kier alpha value is -2.62. The number of benzene rings is 2. The normalized spacial score (nSPS) is 12.1. The summed E-state index contributed by atoms with van der Waals surface area (Å²) in [5.41, 5.74) is 10.6. The molecule has 0 aliphatic heterocycles. The van der Waals surface area contributed by atoms with E-state index in [1.807, 2.05) is 43.3 Å². The fourth-order valence-corrected chi connectivity index (χ4v) is 2.66. The standard InChI is InChI=1S/C13H20N2.C12H18N2/c1-13(2,3)11-8-6-10(7-9-11)12(14)15(4)5;1-12(2,3)10-7-5-9(6-8-10)11(13)14-4/h6-9,14H,1-5H3;5-8H,1-4H3,(H2,13,14). The molecular weight excluding hydrogens is 356 g/mol. The molecule has 158 valence electrons. The van der Waals surface area contributed by atoms with E-state index in [1.54, 1.807) is 7.05 Å². The fraction of sp³-hybridized carbons (Fsp3) is 0.440. The van der Waals surface area contributed by atoms with Gasteiger partial charge in [0.1, 0.15) is 11.7 Å². The molecule has 0 bridgehead atoms. The molecule has 0 fully saturated rings. The lowest BCUT2D eigenvalue weighted by Gasteiger charge is -2.20. The Kier molecular flexibility index (Phi) is 8.19. The van der Waals surface area contributed by atoms with E-state index in [1.165, 1.54) is 11.1 Å². The number of amidine groups is 2. The topological polar surface area (TPSA) is 65.5 Å². The summed E-state index contributed by atoms with van der Waals surface area (Å²) in [5.74, 6) is 1.14. The van der Waals surface area contributed by atoms with Gasteiger partial charge < -0.3 is 10.6 Å². The lowest BCUT2D eigenvalue weighted by molar-refractivity contribution is 0.589. The van der Waals surface area contributed by atoms with Gasteiger partial charge in [-0.15, -0.1) is 0 Å². The van der Waals surface area contributed by atoms with E-state index >= 15 is 0 Å². The molecular formula is C25H38N4. The zero-order valence-corrected chi connectivity index (χ0v) is 19.6. The van der Waals surface area contributed by atoms with E-state index in [0.717, 1.165) is 11.1 Å². The summed E-state index contributed by atoms with van der Waals surface area (Å²) in [6.07, 6.45) is 0. The van der Waals surface area contributed by atoms with Gasteiger partial charge >= 0.3 is 0 Å². The Balaban J connectivity index is 0.000000291. The second-order valence-corrected chi connectivity index (χ2v) is 9.51. The number of aliphatic imine (C=N–C) groups is 1. The maximum absolute atomic E-state index is 7.84. The lowest BCUT2D eigenvalue weighted by atomic mass is 9.86. The van der Waals surface area contributed by atoms with E-state index < -0.39 is 0 Å². The van der Waals surface area contributed by atoms with E-state index in [0.29, 0.717) is 11.7 Å². The molecule has 2 aromatic rings. The second kappa shape index (κ2) is 9.73. The first-order valence-corrected chi connectivity index (χ1v) is 9.97. The van der Waals surface area contributed by atoms with Crippen molar-refractivity contribution < 1.29 is 0 Å². The van der Waals surface area contributed by atoms with Crippen molar-refractivity contribution in [2.45, 2.75) is 52.4 Å². The predicted octanol–water partition coefficient (Wildman–Crippen LogP) is 5.19. The van der Waals surface area contributed by atoms with Crippen molar-refractivity contribution in [2.75, 3.05) is 21.1 Å². The van der Waals surface area contributed by atoms with Crippen molar-refractivity contribution >= 4 is 11.7 Å². The first-order chi connectivity index (χ1) is 13.3. The maximum atomic E-state index is 7.84. The van der Waals surface area contributed by atoms with Crippen LogP contribution in [0.3, 0.4) is 0 Å². The van der Waals surface area contributed by atoms with Crippen LogP contribution in [0.1, 0.15) is 63.8 Å². The molecule has 0 atom stereocenters. The number of nitrogens with two attached hydrogens (primary N) is 1. The van der Waals surface area contributed by atoms with Gasteiger partial charge in [-0.3, -0.25) is 10.4 Å². The smallest absolute Gasteiger partial charge is 0.127 e. The highest BCUT2D eigenvalue weighted by Crippen LogP contribution is 2.23. The van der Waals surface area contributed by atoms with Crippen LogP contribution in [0, 0.1) is 5.41 Å². The quantitative estimate of drug-likeness (QED) is 0.544. The summed E-state index contributed by atoms with van der Waals surface area (Å²) < 4.78 is 0. The predicted molar refractivity (Wildman–Crippen MR) is 127 cm³/mol. The minimum absolute atomic E-state index is 0.179. The third kappa shape index (κ3) is 7.37. The van der Waals surface area contributed by atoms with Gasteiger partial charge in [-0.2, -0.15) is 0 Å². The molecule has 4 heteroatoms. The molecule has 0 heterocycles. The molecule has 4 nitrogen and oxygen atoms in total. The van der Waals surface area contributed by atoms with Gasteiger partial charge in [-0.05, 0) is 22.0 Å². The molecule has 3 N–H and O–H groups in total. The Morgan fingerprint density at radius 1 is 0.759 bits per heavy atom. The fourth-order valence-electron chi connectivity index (χ4n) is 2.66. The Morgan fingerprint density at radius 3 is 1.38 bits per heavy atom. The third-order valence-corrected chi connectivity index (χ3v) is 4.76. The lowest BCUT2D eigenvalue weighted by Crippen LogP contribution is -2.22. The van der Waals surface area contributed by atoms with Crippen LogP contribution in [0.2, 0.25) is 0 Å². The van der Waals surface area contributed by atoms with E-state index in [4.69, 9.17) is 11.1 Å². The van der Waals surface area contributed by atoms with Gasteiger partial charge in [0.2, 0.25) is 0 Å². The number of nitrogens with zero attached hydrogens (tertiary/aromatic N) is 2. The molecule has 0 aromatic heterocycles. The van der Waals surface area contributed by atoms with Crippen LogP contribution in [0.4, 0.5) is 0 Å². The zero-order chi connectivity index (χ0) is 22.4. The molecule has 0 saturated carbocycles. The van der Waals surface area contributed by atoms with Crippen molar-refractivity contribution in [1.82, 2.24) is 4.90 Å². The average molecular weight is 395 g/mol. The van der Waals surface area contributed by atoms with Crippen LogP contribution in [-0.2, 0) is 10.8 Å². The highest BCUT2D eigenvalue weighted by molar-refractivity contribution is 5.97. The minimum Gasteiger partial charge on any atom is -0.384 e. The second-order valence-electron chi connectivity index (χ2n) is 9.51. The van der Waals surface area contributed by atoms with Crippen LogP contribution in [-0.4, -0.2) is 37.7 Å². The average Bonchev–Trinajstić information content (AvgIpc) is 2.66. The monoisotopic (exact) mass is 394 g/mol. The van der Waals surface area contributed by atoms with E-state index in [-0.39, 0.29) is 10.8 Å². The minimum atomic E-state index is 0.179. The van der Waals surface area contributed by atoms with Crippen LogP contribution in [0.25, 0.3) is 0 Å². The van der Waals surface area contributed by atoms with Gasteiger partial charge in [0, 0.05) is 32.3 Å². The van der Waals surface area contributed by atoms with E-state index in [2.05, 4.69) is 70.8 Å². The molecule has 0 unspecified atom stereocenters. The van der Waals surface area contributed by atoms with Gasteiger partial charge in [-0.1, -0.05) is 90.1 Å².